The Morgan fingerprint density at radius 3 is 2.10 bits per heavy atom. The molecule has 39 heavy (non-hydrogen) atoms. The van der Waals surface area contributed by atoms with E-state index in [0.29, 0.717) is 0 Å². The molecule has 16 heteroatoms. The van der Waals surface area contributed by atoms with Crippen LogP contribution >= 0.6 is 0 Å². The molecular formula is C23H28F6N4O6. The molecule has 2 fully saturated rings. The average Bonchev–Trinajstić information content (AvgIpc) is 3.14. The van der Waals surface area contributed by atoms with Crippen LogP contribution in [0.4, 0.5) is 32.3 Å². The van der Waals surface area contributed by atoms with Crippen LogP contribution in [0, 0.1) is 12.3 Å². The number of carboxylic acids is 2. The number of rotatable bonds is 3. The first-order valence-corrected chi connectivity index (χ1v) is 11.6. The molecule has 2 aromatic rings. The van der Waals surface area contributed by atoms with Gasteiger partial charge in [0.2, 0.25) is 5.95 Å². The van der Waals surface area contributed by atoms with Crippen LogP contribution in [0.15, 0.2) is 35.0 Å². The zero-order valence-electron chi connectivity index (χ0n) is 20.8. The van der Waals surface area contributed by atoms with Gasteiger partial charge in [-0.1, -0.05) is 0 Å². The summed E-state index contributed by atoms with van der Waals surface area (Å²) in [7, 11) is 0. The van der Waals surface area contributed by atoms with E-state index < -0.39 is 24.3 Å². The summed E-state index contributed by atoms with van der Waals surface area (Å²) in [6, 6.07) is 5.99. The highest BCUT2D eigenvalue weighted by Crippen LogP contribution is 2.34. The number of carboxylic acid groups (broad SMARTS) is 2. The largest absolute Gasteiger partial charge is 0.490 e. The van der Waals surface area contributed by atoms with Crippen LogP contribution in [0.2, 0.25) is 0 Å². The van der Waals surface area contributed by atoms with Gasteiger partial charge in [-0.2, -0.15) is 26.3 Å². The number of hydrogen-bond acceptors (Lipinski definition) is 8. The molecule has 218 valence electrons. The minimum atomic E-state index is -5.08. The third-order valence-corrected chi connectivity index (χ3v) is 5.68. The SMILES string of the molecule is Cc1ccc(CN2CCCC3(COCCN(c4ncccn4)C3)C2)o1.O=C(O)C(F)(F)F.O=C(O)C(F)(F)F. The first-order valence-electron chi connectivity index (χ1n) is 11.6. The lowest BCUT2D eigenvalue weighted by Gasteiger charge is -2.43. The van der Waals surface area contributed by atoms with Gasteiger partial charge in [-0.3, -0.25) is 4.90 Å². The number of aromatic nitrogens is 2. The highest BCUT2D eigenvalue weighted by molar-refractivity contribution is 5.73. The van der Waals surface area contributed by atoms with Crippen molar-refractivity contribution in [3.63, 3.8) is 0 Å². The van der Waals surface area contributed by atoms with E-state index in [0.717, 1.165) is 63.4 Å². The summed E-state index contributed by atoms with van der Waals surface area (Å²) in [5.41, 5.74) is 0.135. The molecule has 2 aliphatic heterocycles. The smallest absolute Gasteiger partial charge is 0.475 e. The third kappa shape index (κ3) is 10.7. The standard InChI is InChI=1S/C19H26N4O2.2C2HF3O2/c1-16-4-5-17(25-16)12-22-9-2-6-19(13-22)14-23(10-11-24-15-19)18-20-7-3-8-21-18;2*3-2(4,5)1(6)7/h3-5,7-8H,2,6,9-15H2,1H3;2*(H,6,7). The van der Waals surface area contributed by atoms with Crippen molar-refractivity contribution in [2.45, 2.75) is 38.7 Å². The fraction of sp³-hybridized carbons (Fsp3) is 0.565. The van der Waals surface area contributed by atoms with Gasteiger partial charge in [-0.05, 0) is 44.5 Å². The molecule has 10 nitrogen and oxygen atoms in total. The quantitative estimate of drug-likeness (QED) is 0.527. The molecule has 0 aromatic carbocycles. The minimum Gasteiger partial charge on any atom is -0.475 e. The fourth-order valence-electron chi connectivity index (χ4n) is 4.10. The van der Waals surface area contributed by atoms with Crippen molar-refractivity contribution in [1.29, 1.82) is 0 Å². The number of carbonyl (C=O) groups is 2. The third-order valence-electron chi connectivity index (χ3n) is 5.68. The molecule has 4 rings (SSSR count). The van der Waals surface area contributed by atoms with Crippen LogP contribution in [0.5, 0.6) is 0 Å². The Balaban J connectivity index is 0.000000317. The number of furan rings is 1. The molecule has 1 spiro atoms. The number of nitrogens with zero attached hydrogens (tertiary/aromatic N) is 4. The predicted molar refractivity (Wildman–Crippen MR) is 123 cm³/mol. The minimum absolute atomic E-state index is 0.135. The highest BCUT2D eigenvalue weighted by Gasteiger charge is 2.40. The summed E-state index contributed by atoms with van der Waals surface area (Å²) < 4.78 is 75.2. The Bertz CT molecular complexity index is 1040. The second-order valence-electron chi connectivity index (χ2n) is 8.96. The molecule has 0 saturated carbocycles. The highest BCUT2D eigenvalue weighted by atomic mass is 19.4. The number of hydrogen-bond donors (Lipinski definition) is 2. The van der Waals surface area contributed by atoms with Gasteiger partial charge in [-0.25, -0.2) is 19.6 Å². The molecule has 1 unspecified atom stereocenters. The molecule has 0 aliphatic carbocycles. The van der Waals surface area contributed by atoms with Gasteiger partial charge in [0.15, 0.2) is 0 Å². The molecule has 1 atom stereocenters. The van der Waals surface area contributed by atoms with Crippen LogP contribution in [-0.2, 0) is 20.9 Å². The molecule has 0 amide bonds. The Kier molecular flexibility index (Phi) is 11.1. The molecule has 4 heterocycles. The van der Waals surface area contributed by atoms with Crippen molar-refractivity contribution in [2.24, 2.45) is 5.41 Å². The van der Waals surface area contributed by atoms with E-state index in [1.165, 1.54) is 12.8 Å². The van der Waals surface area contributed by atoms with E-state index in [-0.39, 0.29) is 5.41 Å². The van der Waals surface area contributed by atoms with Crippen molar-refractivity contribution < 1.29 is 55.3 Å². The Hall–Kier alpha value is -3.40. The lowest BCUT2D eigenvalue weighted by molar-refractivity contribution is -0.193. The van der Waals surface area contributed by atoms with Crippen LogP contribution in [0.3, 0.4) is 0 Å². The maximum Gasteiger partial charge on any atom is 0.490 e. The maximum absolute atomic E-state index is 10.6. The number of aryl methyl sites for hydroxylation is 1. The molecule has 0 radical (unpaired) electrons. The number of aliphatic carboxylic acids is 2. The van der Waals surface area contributed by atoms with Gasteiger partial charge in [-0.15, -0.1) is 0 Å². The summed E-state index contributed by atoms with van der Waals surface area (Å²) in [5.74, 6) is -2.68. The summed E-state index contributed by atoms with van der Waals surface area (Å²) in [6.07, 6.45) is -4.17. The monoisotopic (exact) mass is 570 g/mol. The average molecular weight is 570 g/mol. The zero-order chi connectivity index (χ0) is 29.3. The molecule has 2 N–H and O–H groups in total. The first-order chi connectivity index (χ1) is 18.1. The van der Waals surface area contributed by atoms with Crippen LogP contribution in [0.25, 0.3) is 0 Å². The zero-order valence-corrected chi connectivity index (χ0v) is 20.8. The van der Waals surface area contributed by atoms with Gasteiger partial charge in [0.25, 0.3) is 0 Å². The molecule has 2 aliphatic rings. The van der Waals surface area contributed by atoms with Gasteiger partial charge in [0, 0.05) is 37.4 Å². The number of halogens is 6. The summed E-state index contributed by atoms with van der Waals surface area (Å²) in [5, 5.41) is 14.2. The number of alkyl halides is 6. The molecular weight excluding hydrogens is 542 g/mol. The number of piperidine rings is 1. The lowest BCUT2D eigenvalue weighted by atomic mass is 9.80. The number of likely N-dealkylation sites (tertiary alicyclic amines) is 1. The molecule has 0 bridgehead atoms. The normalized spacial score (nSPS) is 20.2. The van der Waals surface area contributed by atoms with Crippen molar-refractivity contribution in [2.75, 3.05) is 44.3 Å². The van der Waals surface area contributed by atoms with E-state index in [1.807, 2.05) is 31.5 Å². The van der Waals surface area contributed by atoms with E-state index in [4.69, 9.17) is 29.0 Å². The van der Waals surface area contributed by atoms with Crippen LogP contribution in [-0.4, -0.2) is 88.8 Å². The van der Waals surface area contributed by atoms with Gasteiger partial charge < -0.3 is 24.3 Å². The van der Waals surface area contributed by atoms with E-state index in [2.05, 4.69) is 25.8 Å². The molecule has 2 saturated heterocycles. The van der Waals surface area contributed by atoms with Crippen molar-refractivity contribution in [3.8, 4) is 0 Å². The lowest BCUT2D eigenvalue weighted by Crippen LogP contribution is -2.50. The van der Waals surface area contributed by atoms with Crippen molar-refractivity contribution in [3.05, 3.63) is 42.1 Å². The number of anilines is 1. The van der Waals surface area contributed by atoms with Crippen LogP contribution in [0.1, 0.15) is 24.4 Å². The topological polar surface area (TPSA) is 129 Å². The predicted octanol–water partition coefficient (Wildman–Crippen LogP) is 3.76. The van der Waals surface area contributed by atoms with Gasteiger partial charge in [0.1, 0.15) is 11.5 Å². The summed E-state index contributed by atoms with van der Waals surface area (Å²) in [4.78, 5) is 31.5. The van der Waals surface area contributed by atoms with Gasteiger partial charge in [0.05, 0.1) is 19.8 Å². The Morgan fingerprint density at radius 2 is 1.59 bits per heavy atom. The summed E-state index contributed by atoms with van der Waals surface area (Å²) in [6.45, 7) is 8.35. The van der Waals surface area contributed by atoms with Crippen molar-refractivity contribution in [1.82, 2.24) is 14.9 Å². The Morgan fingerprint density at radius 1 is 1.00 bits per heavy atom. The van der Waals surface area contributed by atoms with E-state index in [9.17, 15) is 26.3 Å². The van der Waals surface area contributed by atoms with Crippen molar-refractivity contribution >= 4 is 17.9 Å². The van der Waals surface area contributed by atoms with E-state index >= 15 is 0 Å². The van der Waals surface area contributed by atoms with E-state index in [1.54, 1.807) is 0 Å². The second-order valence-corrected chi connectivity index (χ2v) is 8.96. The fourth-order valence-corrected chi connectivity index (χ4v) is 4.10. The number of ether oxygens (including phenoxy) is 1. The summed E-state index contributed by atoms with van der Waals surface area (Å²) >= 11 is 0. The van der Waals surface area contributed by atoms with Gasteiger partial charge >= 0.3 is 24.3 Å². The second kappa shape index (κ2) is 13.6. The maximum atomic E-state index is 10.6. The first kappa shape index (κ1) is 31.8. The molecule has 2 aromatic heterocycles. The van der Waals surface area contributed by atoms with Crippen LogP contribution < -0.4 is 4.90 Å². The Labute approximate surface area is 219 Å².